The minimum Gasteiger partial charge on any atom is -0.444 e. The van der Waals surface area contributed by atoms with Gasteiger partial charge in [0, 0.05) is 24.6 Å². The van der Waals surface area contributed by atoms with Gasteiger partial charge in [0.05, 0.1) is 11.4 Å². The Morgan fingerprint density at radius 1 is 1.15 bits per heavy atom. The van der Waals surface area contributed by atoms with Crippen LogP contribution in [0.15, 0.2) is 59.3 Å². The third kappa shape index (κ3) is 4.54. The Labute approximate surface area is 154 Å². The van der Waals surface area contributed by atoms with Gasteiger partial charge in [-0.1, -0.05) is 18.2 Å². The van der Waals surface area contributed by atoms with Gasteiger partial charge in [0.25, 0.3) is 5.91 Å². The molecule has 0 atom stereocenters. The summed E-state index contributed by atoms with van der Waals surface area (Å²) in [4.78, 5) is 28.1. The number of amides is 2. The Kier molecular flexibility index (Phi) is 5.75. The summed E-state index contributed by atoms with van der Waals surface area (Å²) in [6.45, 7) is 0. The van der Waals surface area contributed by atoms with Gasteiger partial charge in [-0.2, -0.15) is 0 Å². The number of benzene rings is 1. The van der Waals surface area contributed by atoms with Crippen LogP contribution in [0, 0.1) is 0 Å². The molecular weight excluding hydrogens is 352 g/mol. The second kappa shape index (κ2) is 8.39. The average Bonchev–Trinajstić information content (AvgIpc) is 3.29. The maximum atomic E-state index is 11.9. The van der Waals surface area contributed by atoms with E-state index in [1.807, 2.05) is 30.3 Å². The molecule has 2 heterocycles. The van der Waals surface area contributed by atoms with E-state index in [-0.39, 0.29) is 17.6 Å². The predicted molar refractivity (Wildman–Crippen MR) is 99.1 cm³/mol. The largest absolute Gasteiger partial charge is 0.444 e. The van der Waals surface area contributed by atoms with E-state index in [0.717, 1.165) is 11.3 Å². The molecule has 0 spiro atoms. The number of nitrogens with zero attached hydrogens (tertiary/aromatic N) is 2. The van der Waals surface area contributed by atoms with Gasteiger partial charge >= 0.3 is 0 Å². The second-order valence-electron chi connectivity index (χ2n) is 5.51. The van der Waals surface area contributed by atoms with E-state index in [4.69, 9.17) is 4.42 Å². The predicted octanol–water partition coefficient (Wildman–Crippen LogP) is 2.37. The molecule has 0 bridgehead atoms. The average molecular weight is 370 g/mol. The van der Waals surface area contributed by atoms with Gasteiger partial charge in [0.2, 0.25) is 11.8 Å². The van der Waals surface area contributed by atoms with E-state index in [1.165, 1.54) is 11.8 Å². The van der Waals surface area contributed by atoms with Crippen LogP contribution in [0.25, 0.3) is 11.5 Å². The van der Waals surface area contributed by atoms with E-state index in [1.54, 1.807) is 36.2 Å². The van der Waals surface area contributed by atoms with Crippen LogP contribution in [-0.2, 0) is 17.6 Å². The van der Waals surface area contributed by atoms with Crippen molar-refractivity contribution in [2.75, 3.05) is 5.75 Å². The number of nitrogens with one attached hydrogen (secondary N) is 2. The molecule has 0 fully saturated rings. The number of hydrogen-bond donors (Lipinski definition) is 2. The standard InChI is InChI=1S/C18H18N4O3S/c1-22-9-5-8-15(22)17(24)21-20-16(23)12-26-11-14-10-25-18(19-14)13-6-3-2-4-7-13/h2-10H,11-12H2,1H3,(H,20,23)(H,21,24). The summed E-state index contributed by atoms with van der Waals surface area (Å²) in [6.07, 6.45) is 3.35. The summed E-state index contributed by atoms with van der Waals surface area (Å²) in [6, 6.07) is 13.0. The molecule has 8 heteroatoms. The van der Waals surface area contributed by atoms with Crippen LogP contribution in [-0.4, -0.2) is 27.1 Å². The Morgan fingerprint density at radius 3 is 2.69 bits per heavy atom. The number of hydrogen-bond acceptors (Lipinski definition) is 5. The molecule has 0 aliphatic carbocycles. The van der Waals surface area contributed by atoms with Crippen molar-refractivity contribution in [3.8, 4) is 11.5 Å². The third-order valence-electron chi connectivity index (χ3n) is 3.55. The number of aromatic nitrogens is 2. The molecule has 0 saturated heterocycles. The molecule has 2 N–H and O–H groups in total. The maximum absolute atomic E-state index is 11.9. The number of oxazole rings is 1. The number of hydrazine groups is 1. The highest BCUT2D eigenvalue weighted by atomic mass is 32.2. The lowest BCUT2D eigenvalue weighted by molar-refractivity contribution is -0.119. The molecule has 2 aromatic heterocycles. The van der Waals surface area contributed by atoms with Gasteiger partial charge in [-0.25, -0.2) is 4.98 Å². The Bertz CT molecular complexity index is 889. The van der Waals surface area contributed by atoms with Crippen LogP contribution in [0.4, 0.5) is 0 Å². The van der Waals surface area contributed by atoms with Crippen LogP contribution in [0.1, 0.15) is 16.2 Å². The second-order valence-corrected chi connectivity index (χ2v) is 6.50. The monoisotopic (exact) mass is 370 g/mol. The summed E-state index contributed by atoms with van der Waals surface area (Å²) in [5, 5.41) is 0. The van der Waals surface area contributed by atoms with Crippen LogP contribution < -0.4 is 10.9 Å². The number of thioether (sulfide) groups is 1. The third-order valence-corrected chi connectivity index (χ3v) is 4.51. The number of aryl methyl sites for hydroxylation is 1. The normalized spacial score (nSPS) is 10.5. The first kappa shape index (κ1) is 17.8. The van der Waals surface area contributed by atoms with E-state index < -0.39 is 0 Å². The lowest BCUT2D eigenvalue weighted by Crippen LogP contribution is -2.43. The first-order valence-corrected chi connectivity index (χ1v) is 9.07. The Balaban J connectivity index is 1.41. The molecular formula is C18H18N4O3S. The molecule has 0 aliphatic rings. The van der Waals surface area contributed by atoms with E-state index in [2.05, 4.69) is 15.8 Å². The topological polar surface area (TPSA) is 89.2 Å². The van der Waals surface area contributed by atoms with Crippen molar-refractivity contribution in [1.29, 1.82) is 0 Å². The molecule has 134 valence electrons. The first-order chi connectivity index (χ1) is 12.6. The van der Waals surface area contributed by atoms with Crippen LogP contribution in [0.3, 0.4) is 0 Å². The minimum atomic E-state index is -0.361. The molecule has 0 aliphatic heterocycles. The van der Waals surface area contributed by atoms with Gasteiger partial charge in [-0.3, -0.25) is 20.4 Å². The summed E-state index contributed by atoms with van der Waals surface area (Å²) >= 11 is 1.38. The van der Waals surface area contributed by atoms with Crippen molar-refractivity contribution in [1.82, 2.24) is 20.4 Å². The molecule has 7 nitrogen and oxygen atoms in total. The highest BCUT2D eigenvalue weighted by molar-refractivity contribution is 7.99. The quantitative estimate of drug-likeness (QED) is 0.650. The molecule has 3 rings (SSSR count). The Morgan fingerprint density at radius 2 is 1.96 bits per heavy atom. The molecule has 0 unspecified atom stereocenters. The zero-order valence-electron chi connectivity index (χ0n) is 14.1. The number of rotatable bonds is 6. The molecule has 2 amide bonds. The van der Waals surface area contributed by atoms with E-state index in [0.29, 0.717) is 17.3 Å². The molecule has 0 saturated carbocycles. The minimum absolute atomic E-state index is 0.195. The smallest absolute Gasteiger partial charge is 0.286 e. The highest BCUT2D eigenvalue weighted by Crippen LogP contribution is 2.20. The van der Waals surface area contributed by atoms with Gasteiger partial charge in [0.15, 0.2) is 0 Å². The lowest BCUT2D eigenvalue weighted by Gasteiger charge is -2.07. The molecule has 3 aromatic rings. The fraction of sp³-hybridized carbons (Fsp3) is 0.167. The van der Waals surface area contributed by atoms with Gasteiger partial charge < -0.3 is 8.98 Å². The van der Waals surface area contributed by atoms with Crippen molar-refractivity contribution in [3.05, 3.63) is 66.3 Å². The van der Waals surface area contributed by atoms with Crippen LogP contribution >= 0.6 is 11.8 Å². The lowest BCUT2D eigenvalue weighted by atomic mass is 10.2. The molecule has 26 heavy (non-hydrogen) atoms. The van der Waals surface area contributed by atoms with E-state index in [9.17, 15) is 9.59 Å². The summed E-state index contributed by atoms with van der Waals surface area (Å²) in [5.74, 6) is 0.640. The number of carbonyl (C=O) groups is 2. The molecule has 0 radical (unpaired) electrons. The first-order valence-electron chi connectivity index (χ1n) is 7.91. The van der Waals surface area contributed by atoms with Gasteiger partial charge in [-0.15, -0.1) is 11.8 Å². The summed E-state index contributed by atoms with van der Waals surface area (Å²) < 4.78 is 7.13. The zero-order chi connectivity index (χ0) is 18.4. The zero-order valence-corrected chi connectivity index (χ0v) is 15.0. The Hall–Kier alpha value is -3.00. The molecule has 1 aromatic carbocycles. The highest BCUT2D eigenvalue weighted by Gasteiger charge is 2.11. The van der Waals surface area contributed by atoms with Gasteiger partial charge in [-0.05, 0) is 24.3 Å². The van der Waals surface area contributed by atoms with Crippen LogP contribution in [0.5, 0.6) is 0 Å². The van der Waals surface area contributed by atoms with Crippen molar-refractivity contribution in [2.45, 2.75) is 5.75 Å². The summed E-state index contributed by atoms with van der Waals surface area (Å²) in [5.41, 5.74) is 6.92. The maximum Gasteiger partial charge on any atom is 0.286 e. The van der Waals surface area contributed by atoms with Crippen LogP contribution in [0.2, 0.25) is 0 Å². The van der Waals surface area contributed by atoms with Crippen molar-refractivity contribution in [2.24, 2.45) is 7.05 Å². The van der Waals surface area contributed by atoms with Gasteiger partial charge in [0.1, 0.15) is 12.0 Å². The SMILES string of the molecule is Cn1cccc1C(=O)NNC(=O)CSCc1coc(-c2ccccc2)n1. The van der Waals surface area contributed by atoms with Crippen molar-refractivity contribution >= 4 is 23.6 Å². The van der Waals surface area contributed by atoms with Crippen molar-refractivity contribution < 1.29 is 14.0 Å². The van der Waals surface area contributed by atoms with Crippen molar-refractivity contribution in [3.63, 3.8) is 0 Å². The fourth-order valence-electron chi connectivity index (χ4n) is 2.26. The number of carbonyl (C=O) groups excluding carboxylic acids is 2. The summed E-state index contributed by atoms with van der Waals surface area (Å²) in [7, 11) is 1.76. The fourth-order valence-corrected chi connectivity index (χ4v) is 2.96. The van der Waals surface area contributed by atoms with E-state index >= 15 is 0 Å².